The first-order chi connectivity index (χ1) is 15.7. The first kappa shape index (κ1) is 20.4. The molecule has 5 heteroatoms. The van der Waals surface area contributed by atoms with Crippen LogP contribution in [0.4, 0.5) is 0 Å². The molecule has 32 heavy (non-hydrogen) atoms. The molecule has 0 aromatic heterocycles. The van der Waals surface area contributed by atoms with E-state index in [1.807, 2.05) is 0 Å². The van der Waals surface area contributed by atoms with Gasteiger partial charge in [0, 0.05) is 44.3 Å². The Balaban J connectivity index is 0.985. The van der Waals surface area contributed by atoms with Gasteiger partial charge in [-0.15, -0.1) is 0 Å². The highest BCUT2D eigenvalue weighted by molar-refractivity contribution is 5.26. The van der Waals surface area contributed by atoms with Crippen molar-refractivity contribution in [2.75, 3.05) is 26.3 Å². The summed E-state index contributed by atoms with van der Waals surface area (Å²) in [5.41, 5.74) is 2.87. The molecule has 0 N–H and O–H groups in total. The molecule has 1 aromatic carbocycles. The van der Waals surface area contributed by atoms with Gasteiger partial charge in [-0.05, 0) is 73.8 Å². The van der Waals surface area contributed by atoms with E-state index < -0.39 is 11.6 Å². The Morgan fingerprint density at radius 2 is 1.47 bits per heavy atom. The van der Waals surface area contributed by atoms with Crippen LogP contribution in [0, 0.1) is 23.7 Å². The zero-order valence-electron chi connectivity index (χ0n) is 19.2. The number of hydrogen-bond acceptors (Lipinski definition) is 5. The zero-order chi connectivity index (χ0) is 21.2. The fourth-order valence-electron chi connectivity index (χ4n) is 8.10. The molecule has 7 aliphatic rings. The van der Waals surface area contributed by atoms with Gasteiger partial charge in [0.1, 0.15) is 0 Å². The number of morpholine rings is 1. The topological polar surface area (TPSA) is 40.2 Å². The van der Waals surface area contributed by atoms with Crippen molar-refractivity contribution in [2.45, 2.75) is 81.8 Å². The molecule has 8 rings (SSSR count). The van der Waals surface area contributed by atoms with Gasteiger partial charge in [-0.1, -0.05) is 24.3 Å². The van der Waals surface area contributed by atoms with Gasteiger partial charge >= 0.3 is 0 Å². The Kier molecular flexibility index (Phi) is 4.96. The van der Waals surface area contributed by atoms with Crippen LogP contribution >= 0.6 is 0 Å². The maximum absolute atomic E-state index is 6.88. The minimum atomic E-state index is -0.498. The van der Waals surface area contributed by atoms with Crippen molar-refractivity contribution in [1.29, 1.82) is 0 Å². The maximum atomic E-state index is 6.88. The van der Waals surface area contributed by atoms with E-state index in [2.05, 4.69) is 29.2 Å². The molecular weight excluding hydrogens is 402 g/mol. The third-order valence-electron chi connectivity index (χ3n) is 9.65. The van der Waals surface area contributed by atoms with Gasteiger partial charge in [-0.2, -0.15) is 9.78 Å². The van der Waals surface area contributed by atoms with E-state index >= 15 is 0 Å². The molecule has 1 aromatic rings. The Morgan fingerprint density at radius 1 is 0.812 bits per heavy atom. The summed E-state index contributed by atoms with van der Waals surface area (Å²) in [6, 6.07) is 9.35. The molecule has 0 radical (unpaired) electrons. The van der Waals surface area contributed by atoms with Crippen LogP contribution in [0.1, 0.15) is 74.8 Å². The van der Waals surface area contributed by atoms with E-state index in [4.69, 9.17) is 19.2 Å². The third kappa shape index (κ3) is 3.39. The lowest BCUT2D eigenvalue weighted by Gasteiger charge is -2.57. The molecule has 5 nitrogen and oxygen atoms in total. The Hall–Kier alpha value is -0.980. The Morgan fingerprint density at radius 3 is 2.12 bits per heavy atom. The monoisotopic (exact) mass is 439 g/mol. The Bertz CT molecular complexity index is 797. The summed E-state index contributed by atoms with van der Waals surface area (Å²) < 4.78 is 12.4. The molecule has 0 unspecified atom stereocenters. The average Bonchev–Trinajstić information content (AvgIpc) is 3.19. The fourth-order valence-corrected chi connectivity index (χ4v) is 8.10. The highest BCUT2D eigenvalue weighted by atomic mass is 17.3. The zero-order valence-corrected chi connectivity index (χ0v) is 19.2. The van der Waals surface area contributed by atoms with E-state index in [9.17, 15) is 0 Å². The predicted molar refractivity (Wildman–Crippen MR) is 120 cm³/mol. The van der Waals surface area contributed by atoms with Gasteiger partial charge in [-0.25, -0.2) is 0 Å². The first-order valence-electron chi connectivity index (χ1n) is 13.2. The van der Waals surface area contributed by atoms with Gasteiger partial charge in [0.25, 0.3) is 0 Å². The standard InChI is InChI=1S/C27H37NO4/c1-3-22(4-2-19(1)18-28-9-11-29-12-10-28)23-5-7-26(8-6-23)30-27(32-31-26)24-14-20-13-21(16-24)17-25(27)15-20/h1-4,20-21,23-25H,5-18H2. The van der Waals surface area contributed by atoms with Crippen molar-refractivity contribution < 1.29 is 19.2 Å². The maximum Gasteiger partial charge on any atom is 0.210 e. The molecule has 174 valence electrons. The number of rotatable bonds is 3. The predicted octanol–water partition coefficient (Wildman–Crippen LogP) is 5.00. The van der Waals surface area contributed by atoms with Gasteiger partial charge in [-0.3, -0.25) is 4.90 Å². The van der Waals surface area contributed by atoms with Crippen LogP contribution in [0.3, 0.4) is 0 Å². The quantitative estimate of drug-likeness (QED) is 0.620. The minimum absolute atomic E-state index is 0.429. The van der Waals surface area contributed by atoms with Crippen LogP contribution in [-0.4, -0.2) is 42.8 Å². The highest BCUT2D eigenvalue weighted by Crippen LogP contribution is 2.64. The van der Waals surface area contributed by atoms with Crippen molar-refractivity contribution in [3.05, 3.63) is 35.4 Å². The lowest BCUT2D eigenvalue weighted by molar-refractivity contribution is -0.390. The molecule has 4 bridgehead atoms. The lowest BCUT2D eigenvalue weighted by atomic mass is 9.53. The van der Waals surface area contributed by atoms with Gasteiger partial charge < -0.3 is 9.47 Å². The van der Waals surface area contributed by atoms with Crippen molar-refractivity contribution in [3.8, 4) is 0 Å². The second-order valence-electron chi connectivity index (χ2n) is 11.6. The number of nitrogens with zero attached hydrogens (tertiary/aromatic N) is 1. The summed E-state index contributed by atoms with van der Waals surface area (Å²) in [5.74, 6) is 2.59. The molecule has 2 saturated heterocycles. The molecule has 2 aliphatic heterocycles. The summed E-state index contributed by atoms with van der Waals surface area (Å²) in [6.07, 6.45) is 10.7. The summed E-state index contributed by atoms with van der Waals surface area (Å²) in [5, 5.41) is 0. The van der Waals surface area contributed by atoms with Crippen molar-refractivity contribution in [1.82, 2.24) is 4.90 Å². The first-order valence-corrected chi connectivity index (χ1v) is 13.2. The van der Waals surface area contributed by atoms with E-state index in [0.717, 1.165) is 70.4 Å². The summed E-state index contributed by atoms with van der Waals surface area (Å²) in [7, 11) is 0. The average molecular weight is 440 g/mol. The third-order valence-corrected chi connectivity index (χ3v) is 9.65. The van der Waals surface area contributed by atoms with E-state index in [-0.39, 0.29) is 0 Å². The van der Waals surface area contributed by atoms with Crippen molar-refractivity contribution in [3.63, 3.8) is 0 Å². The summed E-state index contributed by atoms with van der Waals surface area (Å²) in [4.78, 5) is 14.8. The lowest BCUT2D eigenvalue weighted by Crippen LogP contribution is -2.59. The number of ether oxygens (including phenoxy) is 2. The fraction of sp³-hybridized carbons (Fsp3) is 0.778. The SMILES string of the molecule is c1cc(C2CCC3(CC2)OOC2(O3)C3CC4CC(C3)CC2C4)ccc1CN1CCOCC1. The van der Waals surface area contributed by atoms with Crippen LogP contribution in [-0.2, 0) is 25.8 Å². The van der Waals surface area contributed by atoms with Crippen LogP contribution < -0.4 is 0 Å². The van der Waals surface area contributed by atoms with E-state index in [1.54, 1.807) is 0 Å². The molecule has 0 amide bonds. The van der Waals surface area contributed by atoms with Crippen LogP contribution in [0.15, 0.2) is 24.3 Å². The van der Waals surface area contributed by atoms with Crippen molar-refractivity contribution >= 4 is 0 Å². The van der Waals surface area contributed by atoms with E-state index in [0.29, 0.717) is 17.8 Å². The van der Waals surface area contributed by atoms with Crippen LogP contribution in [0.5, 0.6) is 0 Å². The number of hydrogen-bond donors (Lipinski definition) is 0. The van der Waals surface area contributed by atoms with Gasteiger partial charge in [0.2, 0.25) is 11.6 Å². The molecule has 5 saturated carbocycles. The molecule has 5 aliphatic carbocycles. The second kappa shape index (κ2) is 7.78. The molecule has 0 atom stereocenters. The summed E-state index contributed by atoms with van der Waals surface area (Å²) >= 11 is 0. The smallest absolute Gasteiger partial charge is 0.210 e. The highest BCUT2D eigenvalue weighted by Gasteiger charge is 2.66. The molecule has 2 spiro atoms. The van der Waals surface area contributed by atoms with Crippen molar-refractivity contribution in [2.24, 2.45) is 23.7 Å². The van der Waals surface area contributed by atoms with Crippen LogP contribution in [0.2, 0.25) is 0 Å². The minimum Gasteiger partial charge on any atom is -0.379 e. The van der Waals surface area contributed by atoms with Gasteiger partial charge in [0.05, 0.1) is 13.2 Å². The molecule has 7 fully saturated rings. The van der Waals surface area contributed by atoms with Crippen LogP contribution in [0.25, 0.3) is 0 Å². The molecular formula is C27H37NO4. The molecule has 2 heterocycles. The summed E-state index contributed by atoms with van der Waals surface area (Å²) in [6.45, 7) is 4.83. The number of benzene rings is 1. The van der Waals surface area contributed by atoms with Gasteiger partial charge in [0.15, 0.2) is 0 Å². The second-order valence-corrected chi connectivity index (χ2v) is 11.6. The largest absolute Gasteiger partial charge is 0.379 e. The van der Waals surface area contributed by atoms with E-state index in [1.165, 1.54) is 43.2 Å². The normalized spacial score (nSPS) is 45.8. The Labute approximate surface area is 191 Å².